The highest BCUT2D eigenvalue weighted by molar-refractivity contribution is 5.99. The van der Waals surface area contributed by atoms with Crippen molar-refractivity contribution in [1.29, 1.82) is 0 Å². The second-order valence-electron chi connectivity index (χ2n) is 16.3. The average molecular weight is 826 g/mol. The number of carbonyl (C=O) groups is 8. The Kier molecular flexibility index (Phi) is 18.2. The molecule has 0 radical (unpaired) electrons. The van der Waals surface area contributed by atoms with E-state index >= 15 is 0 Å². The average Bonchev–Trinajstić information content (AvgIpc) is 3.73. The Bertz CT molecular complexity index is 1640. The van der Waals surface area contributed by atoms with E-state index in [4.69, 9.17) is 0 Å². The summed E-state index contributed by atoms with van der Waals surface area (Å²) in [5.41, 5.74) is 0.408. The molecule has 6 N–H and O–H groups in total. The summed E-state index contributed by atoms with van der Waals surface area (Å²) < 4.78 is 0. The van der Waals surface area contributed by atoms with Crippen LogP contribution in [0.1, 0.15) is 127 Å². The number of carbonyl (C=O) groups excluding carboxylic acids is 7. The van der Waals surface area contributed by atoms with Crippen molar-refractivity contribution in [2.24, 2.45) is 11.8 Å². The number of nitrogens with zero attached hydrogens (tertiary/aromatic N) is 3. The van der Waals surface area contributed by atoms with Crippen LogP contribution in [0.25, 0.3) is 0 Å². The normalized spacial score (nSPS) is 20.9. The number of carboxylic acid groups (broad SMARTS) is 1. The number of aliphatic hydroxyl groups excluding tert-OH is 1. The van der Waals surface area contributed by atoms with Crippen molar-refractivity contribution < 1.29 is 48.6 Å². The predicted octanol–water partition coefficient (Wildman–Crippen LogP) is 1.86. The molecule has 17 nitrogen and oxygen atoms in total. The van der Waals surface area contributed by atoms with Gasteiger partial charge in [-0.2, -0.15) is 0 Å². The highest BCUT2D eigenvalue weighted by atomic mass is 16.4. The zero-order chi connectivity index (χ0) is 43.1. The van der Waals surface area contributed by atoms with E-state index < -0.39 is 78.2 Å². The first kappa shape index (κ1) is 46.8. The summed E-state index contributed by atoms with van der Waals surface area (Å²) in [6.45, 7) is 5.80. The summed E-state index contributed by atoms with van der Waals surface area (Å²) in [5, 5.41) is 30.7. The molecule has 2 aliphatic heterocycles. The van der Waals surface area contributed by atoms with E-state index in [0.717, 1.165) is 25.7 Å². The lowest BCUT2D eigenvalue weighted by molar-refractivity contribution is -0.149. The number of aliphatic hydroxyl groups is 1. The Morgan fingerprint density at radius 2 is 1.36 bits per heavy atom. The fourth-order valence-electron chi connectivity index (χ4n) is 8.46. The molecule has 1 saturated carbocycles. The minimum Gasteiger partial charge on any atom is -0.481 e. The summed E-state index contributed by atoms with van der Waals surface area (Å²) in [4.78, 5) is 114. The summed E-state index contributed by atoms with van der Waals surface area (Å²) in [7, 11) is 0. The van der Waals surface area contributed by atoms with Gasteiger partial charge in [-0.1, -0.05) is 46.0 Å². The monoisotopic (exact) mass is 825 g/mol. The van der Waals surface area contributed by atoms with Crippen LogP contribution in [0.5, 0.6) is 0 Å². The lowest BCUT2D eigenvalue weighted by Gasteiger charge is -2.38. The van der Waals surface area contributed by atoms with Crippen molar-refractivity contribution in [3.05, 3.63) is 30.1 Å². The van der Waals surface area contributed by atoms with E-state index in [1.165, 1.54) is 35.5 Å². The molecule has 6 amide bonds. The van der Waals surface area contributed by atoms with Gasteiger partial charge in [0.15, 0.2) is 5.78 Å². The molecule has 326 valence electrons. The topological polar surface area (TPSA) is 245 Å². The third-order valence-corrected chi connectivity index (χ3v) is 11.8. The van der Waals surface area contributed by atoms with Crippen LogP contribution in [0.3, 0.4) is 0 Å². The summed E-state index contributed by atoms with van der Waals surface area (Å²) in [5.74, 6) is -4.89. The SMILES string of the molecule is CCCNC(=O)[C@@H](NC(=O)[C@@H]1CCCN1C(=O)[C@H](CC(=O)O)NC(=O)[C@@H]1CCCCN1C(=O)[C@H](CCC(=O)c1ccncc1)NC(=O)C[C@H](C)C1CCCCC1)[C@@H](C)O. The number of aliphatic carboxylic acids is 1. The quantitative estimate of drug-likeness (QED) is 0.104. The maximum atomic E-state index is 14.4. The Hall–Kier alpha value is -4.93. The Morgan fingerprint density at radius 3 is 1.98 bits per heavy atom. The van der Waals surface area contributed by atoms with Gasteiger partial charge in [0.25, 0.3) is 0 Å². The first-order valence-electron chi connectivity index (χ1n) is 21.3. The molecule has 3 aliphatic rings. The summed E-state index contributed by atoms with van der Waals surface area (Å²) >= 11 is 0. The van der Waals surface area contributed by atoms with Crippen molar-refractivity contribution in [3.8, 4) is 0 Å². The smallest absolute Gasteiger partial charge is 0.305 e. The molecule has 59 heavy (non-hydrogen) atoms. The molecular formula is C42H63N7O10. The zero-order valence-corrected chi connectivity index (χ0v) is 34.7. The number of pyridine rings is 1. The van der Waals surface area contributed by atoms with Crippen LogP contribution in [0.15, 0.2) is 24.5 Å². The van der Waals surface area contributed by atoms with Crippen molar-refractivity contribution in [2.45, 2.75) is 153 Å². The highest BCUT2D eigenvalue weighted by Gasteiger charge is 2.42. The molecule has 1 aromatic rings. The van der Waals surface area contributed by atoms with Crippen LogP contribution in [0.2, 0.25) is 0 Å². The standard InChI is InChI=1S/C42H63N7O10/c1-4-19-44-40(57)37(27(3)50)47-39(56)33-14-10-23-49(33)42(59)31(25-36(53)54)46-38(55)32-13-8-9-22-48(32)41(58)30(15-16-34(51)29-17-20-43-21-18-29)45-35(52)24-26(2)28-11-6-5-7-12-28/h17-18,20-21,26-28,30-33,37,50H,4-16,19,22-25H2,1-3H3,(H,44,57)(H,45,52)(H,46,55)(H,47,56)(H,53,54)/t26-,27+,30-,31-,32-,33-,37-/m0/s1. The number of hydrogen-bond donors (Lipinski definition) is 6. The molecule has 0 aromatic carbocycles. The minimum atomic E-state index is -1.59. The number of Topliss-reactive ketones (excluding diaryl/α,β-unsaturated/α-hetero) is 1. The number of hydrogen-bond acceptors (Lipinski definition) is 10. The van der Waals surface area contributed by atoms with E-state index in [2.05, 4.69) is 26.3 Å². The maximum absolute atomic E-state index is 14.4. The number of rotatable bonds is 20. The van der Waals surface area contributed by atoms with Crippen molar-refractivity contribution in [2.75, 3.05) is 19.6 Å². The second kappa shape index (κ2) is 23.0. The van der Waals surface area contributed by atoms with Gasteiger partial charge in [-0.15, -0.1) is 0 Å². The lowest BCUT2D eigenvalue weighted by Crippen LogP contribution is -2.61. The summed E-state index contributed by atoms with van der Waals surface area (Å²) in [6, 6.07) is -3.08. The van der Waals surface area contributed by atoms with E-state index in [0.29, 0.717) is 43.7 Å². The second-order valence-corrected chi connectivity index (χ2v) is 16.3. The largest absolute Gasteiger partial charge is 0.481 e. The number of piperidine rings is 1. The highest BCUT2D eigenvalue weighted by Crippen LogP contribution is 2.31. The maximum Gasteiger partial charge on any atom is 0.305 e. The number of carboxylic acids is 1. The van der Waals surface area contributed by atoms with Crippen LogP contribution in [0.4, 0.5) is 0 Å². The third-order valence-electron chi connectivity index (χ3n) is 11.8. The van der Waals surface area contributed by atoms with Gasteiger partial charge in [-0.3, -0.25) is 43.3 Å². The van der Waals surface area contributed by atoms with E-state index in [1.54, 1.807) is 12.1 Å². The van der Waals surface area contributed by atoms with Gasteiger partial charge in [0, 0.05) is 50.4 Å². The van der Waals surface area contributed by atoms with E-state index in [9.17, 15) is 48.6 Å². The zero-order valence-electron chi connectivity index (χ0n) is 34.7. The molecule has 17 heteroatoms. The van der Waals surface area contributed by atoms with Gasteiger partial charge in [0.1, 0.15) is 30.2 Å². The van der Waals surface area contributed by atoms with Crippen molar-refractivity contribution >= 4 is 47.2 Å². The lowest BCUT2D eigenvalue weighted by atomic mass is 9.79. The number of aromatic nitrogens is 1. The van der Waals surface area contributed by atoms with Crippen LogP contribution < -0.4 is 21.3 Å². The Balaban J connectivity index is 1.50. The molecule has 1 aliphatic carbocycles. The molecule has 0 spiro atoms. The Morgan fingerprint density at radius 1 is 0.763 bits per heavy atom. The minimum absolute atomic E-state index is 0.0247. The first-order valence-corrected chi connectivity index (χ1v) is 21.3. The number of likely N-dealkylation sites (tertiary alicyclic amines) is 2. The van der Waals surface area contributed by atoms with Gasteiger partial charge >= 0.3 is 5.97 Å². The van der Waals surface area contributed by atoms with Crippen molar-refractivity contribution in [1.82, 2.24) is 36.1 Å². The van der Waals surface area contributed by atoms with Gasteiger partial charge in [0.05, 0.1) is 12.5 Å². The van der Waals surface area contributed by atoms with Crippen LogP contribution in [-0.2, 0) is 33.6 Å². The van der Waals surface area contributed by atoms with Gasteiger partial charge in [0.2, 0.25) is 35.4 Å². The molecule has 0 bridgehead atoms. The van der Waals surface area contributed by atoms with E-state index in [1.807, 2.05) is 13.8 Å². The van der Waals surface area contributed by atoms with Gasteiger partial charge in [-0.05, 0) is 75.8 Å². The van der Waals surface area contributed by atoms with Gasteiger partial charge in [-0.25, -0.2) is 0 Å². The van der Waals surface area contributed by atoms with E-state index in [-0.39, 0.29) is 62.8 Å². The molecule has 4 rings (SSSR count). The fraction of sp³-hybridized carbons (Fsp3) is 0.690. The molecule has 1 aromatic heterocycles. The predicted molar refractivity (Wildman–Crippen MR) is 215 cm³/mol. The van der Waals surface area contributed by atoms with Gasteiger partial charge < -0.3 is 41.3 Å². The molecule has 7 atom stereocenters. The summed E-state index contributed by atoms with van der Waals surface area (Å²) in [6.07, 6.45) is 9.07. The number of nitrogens with one attached hydrogen (secondary N) is 4. The number of ketones is 1. The Labute approximate surface area is 346 Å². The fourth-order valence-corrected chi connectivity index (χ4v) is 8.46. The van der Waals surface area contributed by atoms with Crippen LogP contribution in [0, 0.1) is 11.8 Å². The molecular weight excluding hydrogens is 763 g/mol. The van der Waals surface area contributed by atoms with Crippen LogP contribution >= 0.6 is 0 Å². The van der Waals surface area contributed by atoms with Crippen molar-refractivity contribution in [3.63, 3.8) is 0 Å². The molecule has 2 saturated heterocycles. The molecule has 3 heterocycles. The first-order chi connectivity index (χ1) is 28.2. The number of amides is 6. The van der Waals surface area contributed by atoms with Crippen LogP contribution in [-0.4, -0.2) is 128 Å². The molecule has 3 fully saturated rings. The molecule has 0 unspecified atom stereocenters. The third kappa shape index (κ3) is 13.5.